The molecule has 0 aliphatic carbocycles. The number of carbonyl (C=O) groups is 2. The molecule has 1 aromatic rings. The molecule has 0 amide bonds. The zero-order valence-corrected chi connectivity index (χ0v) is 9.01. The van der Waals surface area contributed by atoms with Crippen molar-refractivity contribution >= 4 is 17.6 Å². The van der Waals surface area contributed by atoms with E-state index in [4.69, 9.17) is 10.2 Å². The van der Waals surface area contributed by atoms with Gasteiger partial charge < -0.3 is 10.2 Å². The average Bonchev–Trinajstić information content (AvgIpc) is 2.29. The van der Waals surface area contributed by atoms with Crippen molar-refractivity contribution in [3.05, 3.63) is 30.3 Å². The molecule has 0 unspecified atom stereocenters. The van der Waals surface area contributed by atoms with Gasteiger partial charge in [0.1, 0.15) is 13.1 Å². The van der Waals surface area contributed by atoms with Crippen molar-refractivity contribution in [2.24, 2.45) is 0 Å². The van der Waals surface area contributed by atoms with E-state index in [2.05, 4.69) is 10.9 Å². The fourth-order valence-corrected chi connectivity index (χ4v) is 1.20. The quantitative estimate of drug-likeness (QED) is 0.367. The van der Waals surface area contributed by atoms with Crippen LogP contribution in [0.25, 0.3) is 0 Å². The Morgan fingerprint density at radius 3 is 1.88 bits per heavy atom. The number of benzene rings is 1. The highest BCUT2D eigenvalue weighted by molar-refractivity contribution is 5.69. The van der Waals surface area contributed by atoms with Crippen LogP contribution in [0.1, 0.15) is 0 Å². The van der Waals surface area contributed by atoms with Crippen LogP contribution in [0.15, 0.2) is 30.3 Å². The molecule has 5 N–H and O–H groups in total. The van der Waals surface area contributed by atoms with Gasteiger partial charge in [-0.05, 0) is 0 Å². The van der Waals surface area contributed by atoms with Gasteiger partial charge in [-0.25, -0.2) is 0 Å². The molecular formula is C10H14N3O4+. The van der Waals surface area contributed by atoms with Gasteiger partial charge in [0, 0.05) is 12.1 Å². The number of nitrogens with one attached hydrogen (secondary N) is 3. The molecule has 0 saturated heterocycles. The summed E-state index contributed by atoms with van der Waals surface area (Å²) in [5.41, 5.74) is 5.97. The predicted octanol–water partition coefficient (Wildman–Crippen LogP) is -1.62. The van der Waals surface area contributed by atoms with Crippen LogP contribution < -0.4 is 16.0 Å². The minimum absolute atomic E-state index is 0.281. The molecule has 0 saturated carbocycles. The normalized spacial score (nSPS) is 10.4. The van der Waals surface area contributed by atoms with Crippen LogP contribution in [0.2, 0.25) is 0 Å². The second-order valence-corrected chi connectivity index (χ2v) is 3.24. The van der Waals surface area contributed by atoms with E-state index in [1.165, 1.54) is 0 Å². The predicted molar refractivity (Wildman–Crippen MR) is 58.3 cm³/mol. The Morgan fingerprint density at radius 2 is 1.47 bits per heavy atom. The Morgan fingerprint density at radius 1 is 1.00 bits per heavy atom. The van der Waals surface area contributed by atoms with Gasteiger partial charge >= 0.3 is 11.9 Å². The van der Waals surface area contributed by atoms with Crippen LogP contribution in [-0.2, 0) is 9.59 Å². The Balaban J connectivity index is 2.64. The van der Waals surface area contributed by atoms with Crippen molar-refractivity contribution in [2.45, 2.75) is 0 Å². The van der Waals surface area contributed by atoms with Crippen LogP contribution in [0, 0.1) is 0 Å². The first-order chi connectivity index (χ1) is 8.09. The van der Waals surface area contributed by atoms with Crippen molar-refractivity contribution in [3.8, 4) is 0 Å². The summed E-state index contributed by atoms with van der Waals surface area (Å²) in [5.74, 6) is -2.04. The largest absolute Gasteiger partial charge is 0.480 e. The third-order valence-corrected chi connectivity index (χ3v) is 1.90. The highest BCUT2D eigenvalue weighted by Crippen LogP contribution is 1.96. The molecule has 0 atom stereocenters. The maximum Gasteiger partial charge on any atom is 0.322 e. The molecule has 0 radical (unpaired) electrons. The zero-order chi connectivity index (χ0) is 12.7. The fraction of sp³-hybridized carbons (Fsp3) is 0.200. The molecular weight excluding hydrogens is 226 g/mol. The summed E-state index contributed by atoms with van der Waals surface area (Å²) >= 11 is 0. The number of para-hydroxylation sites is 1. The second-order valence-electron chi connectivity index (χ2n) is 3.24. The molecule has 1 aromatic carbocycles. The summed E-state index contributed by atoms with van der Waals surface area (Å²) < 4.78 is 0. The number of rotatable bonds is 7. The summed E-state index contributed by atoms with van der Waals surface area (Å²) in [7, 11) is 0. The number of carboxylic acids is 2. The van der Waals surface area contributed by atoms with Crippen molar-refractivity contribution in [2.75, 3.05) is 13.1 Å². The number of hydrogen-bond donors (Lipinski definition) is 5. The van der Waals surface area contributed by atoms with E-state index in [1.54, 1.807) is 24.3 Å². The van der Waals surface area contributed by atoms with E-state index in [0.717, 1.165) is 0 Å². The Hall–Kier alpha value is -1.96. The smallest absolute Gasteiger partial charge is 0.322 e. The molecule has 0 fully saturated rings. The average molecular weight is 240 g/mol. The standard InChI is InChI=1S/C10H13N3O4/c14-9(15)6-11-13(12-7-10(16)17)8-4-2-1-3-5-8/h1-5,11-12H,6-7H2,(H,14,15)(H,16,17)/p+1. The minimum atomic E-state index is -1.02. The third-order valence-electron chi connectivity index (χ3n) is 1.90. The monoisotopic (exact) mass is 240 g/mol. The first-order valence-corrected chi connectivity index (χ1v) is 4.93. The van der Waals surface area contributed by atoms with E-state index in [-0.39, 0.29) is 13.1 Å². The number of aliphatic carboxylic acids is 2. The molecule has 1 rings (SSSR count). The van der Waals surface area contributed by atoms with Crippen molar-refractivity contribution in [1.29, 1.82) is 0 Å². The van der Waals surface area contributed by atoms with Gasteiger partial charge in [-0.15, -0.1) is 16.0 Å². The summed E-state index contributed by atoms with van der Waals surface area (Å²) in [6.45, 7) is -0.562. The minimum Gasteiger partial charge on any atom is -0.480 e. The SMILES string of the molecule is O=C(O)CN[NH+](NCC(=O)O)c1ccccc1. The van der Waals surface area contributed by atoms with Gasteiger partial charge in [0.15, 0.2) is 5.69 Å². The van der Waals surface area contributed by atoms with Gasteiger partial charge in [0.05, 0.1) is 0 Å². The van der Waals surface area contributed by atoms with Gasteiger partial charge in [0.25, 0.3) is 0 Å². The number of quaternary nitrogens is 1. The third kappa shape index (κ3) is 5.07. The first-order valence-electron chi connectivity index (χ1n) is 4.93. The molecule has 92 valence electrons. The van der Waals surface area contributed by atoms with Crippen molar-refractivity contribution < 1.29 is 24.9 Å². The van der Waals surface area contributed by atoms with Crippen molar-refractivity contribution in [3.63, 3.8) is 0 Å². The van der Waals surface area contributed by atoms with E-state index in [0.29, 0.717) is 10.8 Å². The molecule has 7 heteroatoms. The number of carboxylic acid groups (broad SMARTS) is 2. The summed E-state index contributed by atoms with van der Waals surface area (Å²) in [5, 5.41) is 17.5. The van der Waals surface area contributed by atoms with Gasteiger partial charge in [-0.3, -0.25) is 9.59 Å². The lowest BCUT2D eigenvalue weighted by Gasteiger charge is -2.17. The maximum atomic E-state index is 10.5. The van der Waals surface area contributed by atoms with Crippen LogP contribution in [-0.4, -0.2) is 35.2 Å². The highest BCUT2D eigenvalue weighted by atomic mass is 16.4. The van der Waals surface area contributed by atoms with E-state index in [1.807, 2.05) is 6.07 Å². The first kappa shape index (κ1) is 13.1. The molecule has 0 aromatic heterocycles. The summed E-state index contributed by atoms with van der Waals surface area (Å²) in [4.78, 5) is 20.9. The molecule has 7 nitrogen and oxygen atoms in total. The molecule has 0 bridgehead atoms. The second kappa shape index (κ2) is 6.59. The van der Waals surface area contributed by atoms with Gasteiger partial charge in [-0.1, -0.05) is 18.2 Å². The Kier molecular flexibility index (Phi) is 5.08. The lowest BCUT2D eigenvalue weighted by molar-refractivity contribution is -0.925. The van der Waals surface area contributed by atoms with E-state index >= 15 is 0 Å². The Labute approximate surface area is 97.6 Å². The maximum absolute atomic E-state index is 10.5. The molecule has 0 aliphatic heterocycles. The molecule has 0 heterocycles. The summed E-state index contributed by atoms with van der Waals surface area (Å²) in [6, 6.07) is 8.87. The fourth-order valence-electron chi connectivity index (χ4n) is 1.20. The van der Waals surface area contributed by atoms with Crippen molar-refractivity contribution in [1.82, 2.24) is 10.9 Å². The molecule has 17 heavy (non-hydrogen) atoms. The van der Waals surface area contributed by atoms with Gasteiger partial charge in [0.2, 0.25) is 0 Å². The van der Waals surface area contributed by atoms with Crippen LogP contribution in [0.4, 0.5) is 5.69 Å². The van der Waals surface area contributed by atoms with Crippen LogP contribution >= 0.6 is 0 Å². The zero-order valence-electron chi connectivity index (χ0n) is 9.01. The molecule has 0 spiro atoms. The molecule has 0 aliphatic rings. The Bertz CT molecular complexity index is 364. The van der Waals surface area contributed by atoms with Gasteiger partial charge in [-0.2, -0.15) is 0 Å². The van der Waals surface area contributed by atoms with Crippen LogP contribution in [0.5, 0.6) is 0 Å². The van der Waals surface area contributed by atoms with E-state index in [9.17, 15) is 9.59 Å². The lowest BCUT2D eigenvalue weighted by atomic mass is 10.3. The highest BCUT2D eigenvalue weighted by Gasteiger charge is 2.14. The van der Waals surface area contributed by atoms with Crippen LogP contribution in [0.3, 0.4) is 0 Å². The number of hydrogen-bond acceptors (Lipinski definition) is 4. The summed E-state index contributed by atoms with van der Waals surface area (Å²) in [6.07, 6.45) is 0. The topological polar surface area (TPSA) is 103 Å². The van der Waals surface area contributed by atoms with E-state index < -0.39 is 11.9 Å². The lowest BCUT2D eigenvalue weighted by Crippen LogP contribution is -3.21.